The van der Waals surface area contributed by atoms with E-state index in [1.165, 1.54) is 89.9 Å². The number of benzene rings is 1. The molecule has 0 aromatic heterocycles. The van der Waals surface area contributed by atoms with Crippen molar-refractivity contribution in [3.8, 4) is 0 Å². The molecule has 0 unspecified atom stereocenters. The first kappa shape index (κ1) is 25.4. The normalized spacial score (nSPS) is 15.0. The predicted octanol–water partition coefficient (Wildman–Crippen LogP) is 9.12. The van der Waals surface area contributed by atoms with Crippen LogP contribution in [0.15, 0.2) is 54.3 Å². The molecule has 0 radical (unpaired) electrons. The van der Waals surface area contributed by atoms with Gasteiger partial charge in [0.2, 0.25) is 0 Å². The number of hydrogen-bond acceptors (Lipinski definition) is 1. The van der Waals surface area contributed by atoms with Gasteiger partial charge in [-0.3, -0.25) is 0 Å². The minimum absolute atomic E-state index is 0.243. The van der Waals surface area contributed by atoms with Gasteiger partial charge < -0.3 is 0 Å². The smallest absolute Gasteiger partial charge is 0.114 e. The number of rotatable bonds is 17. The number of nitrogens with one attached hydrogen (secondary N) is 1. The van der Waals surface area contributed by atoms with Crippen molar-refractivity contribution in [3.63, 3.8) is 0 Å². The van der Waals surface area contributed by atoms with Gasteiger partial charge in [-0.1, -0.05) is 115 Å². The Morgan fingerprint density at radius 1 is 0.806 bits per heavy atom. The third kappa shape index (κ3) is 9.84. The molecule has 0 atom stereocenters. The molecule has 0 bridgehead atoms. The van der Waals surface area contributed by atoms with Crippen molar-refractivity contribution in [1.29, 1.82) is 0 Å². The summed E-state index contributed by atoms with van der Waals surface area (Å²) in [6, 6.07) is 9.67. The molecule has 1 N–H and O–H groups in total. The molecule has 0 saturated carbocycles. The molecule has 1 aromatic rings. The zero-order valence-corrected chi connectivity index (χ0v) is 20.1. The summed E-state index contributed by atoms with van der Waals surface area (Å²) in [6.45, 7) is 4.55. The highest BCUT2D eigenvalue weighted by molar-refractivity contribution is 5.40. The molecule has 0 aliphatic heterocycles. The Morgan fingerprint density at radius 3 is 1.87 bits per heavy atom. The van der Waals surface area contributed by atoms with Gasteiger partial charge in [-0.25, -0.2) is 0 Å². The Balaban J connectivity index is 1.87. The van der Waals surface area contributed by atoms with Crippen LogP contribution < -0.4 is 5.43 Å². The largest absolute Gasteiger partial charge is 0.288 e. The van der Waals surface area contributed by atoms with E-state index in [2.05, 4.69) is 37.5 Å². The maximum atomic E-state index is 12.6. The third-order valence-corrected chi connectivity index (χ3v) is 6.62. The second-order valence-corrected chi connectivity index (χ2v) is 9.34. The minimum Gasteiger partial charge on any atom is -0.114 e. The van der Waals surface area contributed by atoms with Crippen LogP contribution in [0.4, 0.5) is 5.69 Å². The van der Waals surface area contributed by atoms with Crippen molar-refractivity contribution in [1.82, 2.24) is 0 Å². The summed E-state index contributed by atoms with van der Waals surface area (Å²) in [4.78, 5) is 13.5. The lowest BCUT2D eigenvalue weighted by atomic mass is 9.73. The highest BCUT2D eigenvalue weighted by atomic mass is 16.3. The molecule has 2 rings (SSSR count). The number of nitrogens with zero attached hydrogens (tertiary/aromatic N) is 1. The van der Waals surface area contributed by atoms with Gasteiger partial charge in [-0.05, 0) is 42.9 Å². The third-order valence-electron chi connectivity index (χ3n) is 6.62. The van der Waals surface area contributed by atoms with Crippen LogP contribution in [0.25, 0.3) is 0 Å². The van der Waals surface area contributed by atoms with Gasteiger partial charge >= 0.3 is 0 Å². The van der Waals surface area contributed by atoms with Gasteiger partial charge in [0.1, 0.15) is 5.69 Å². The van der Waals surface area contributed by atoms with Gasteiger partial charge in [-0.2, -0.15) is 0 Å². The lowest BCUT2D eigenvalue weighted by Gasteiger charge is -2.31. The predicted molar refractivity (Wildman–Crippen MR) is 134 cm³/mol. The van der Waals surface area contributed by atoms with Crippen molar-refractivity contribution < 1.29 is 4.87 Å². The molecule has 3 nitrogen and oxygen atoms in total. The van der Waals surface area contributed by atoms with Gasteiger partial charge in [-0.15, -0.1) is 5.43 Å². The van der Waals surface area contributed by atoms with Crippen molar-refractivity contribution in [2.24, 2.45) is 5.41 Å². The van der Waals surface area contributed by atoms with E-state index in [1.807, 2.05) is 30.3 Å². The highest BCUT2D eigenvalue weighted by Crippen LogP contribution is 2.40. The molecule has 0 saturated heterocycles. The van der Waals surface area contributed by atoms with Gasteiger partial charge in [0.15, 0.2) is 4.87 Å². The number of nitroso groups, excluding NO2 is 1. The van der Waals surface area contributed by atoms with Crippen LogP contribution in [-0.2, 0) is 0 Å². The second-order valence-electron chi connectivity index (χ2n) is 9.34. The Hall–Kier alpha value is -1.90. The summed E-state index contributed by atoms with van der Waals surface area (Å²) in [5.74, 6) is 0. The zero-order valence-electron chi connectivity index (χ0n) is 20.1. The van der Waals surface area contributed by atoms with Crippen LogP contribution in [0.5, 0.6) is 0 Å². The number of hydrogen-bond donors (Lipinski definition) is 1. The maximum absolute atomic E-state index is 12.6. The molecule has 31 heavy (non-hydrogen) atoms. The van der Waals surface area contributed by atoms with Crippen LogP contribution in [0.1, 0.15) is 110 Å². The van der Waals surface area contributed by atoms with E-state index >= 15 is 0 Å². The minimum atomic E-state index is 0.243. The van der Waals surface area contributed by atoms with Gasteiger partial charge in [0.05, 0.1) is 4.91 Å². The number of anilines is 1. The number of para-hydroxylation sites is 1. The van der Waals surface area contributed by atoms with E-state index in [-0.39, 0.29) is 5.41 Å². The molecule has 0 spiro atoms. The van der Waals surface area contributed by atoms with Crippen molar-refractivity contribution >= 4 is 5.69 Å². The van der Waals surface area contributed by atoms with Crippen molar-refractivity contribution in [2.75, 3.05) is 5.43 Å². The van der Waals surface area contributed by atoms with Crippen LogP contribution in [0, 0.1) is 10.3 Å². The van der Waals surface area contributed by atoms with E-state index in [1.54, 1.807) is 0 Å². The molecule has 0 fully saturated rings. The summed E-state index contributed by atoms with van der Waals surface area (Å²) in [5.41, 5.74) is 4.73. The summed E-state index contributed by atoms with van der Waals surface area (Å²) in [5, 5.41) is 0. The standard InChI is InChI=1S/C28H45N2O/c1-3-5-7-9-11-16-22-28(23-17-12-10-8-6-4-2)24-20-27(21-25-28)30(31)29-26-18-14-13-15-19-26/h13-15,18-21,24H,3-12,16-17,22-23,25H2,1-2H3,(H,29,31)/q+1. The topological polar surface area (TPSA) is 32.1 Å². The van der Waals surface area contributed by atoms with Gasteiger partial charge in [0.25, 0.3) is 5.70 Å². The quantitative estimate of drug-likeness (QED) is 0.153. The Kier molecular flexibility index (Phi) is 12.3. The lowest BCUT2D eigenvalue weighted by Crippen LogP contribution is -2.23. The van der Waals surface area contributed by atoms with Gasteiger partial charge in [0, 0.05) is 6.08 Å². The van der Waals surface area contributed by atoms with E-state index in [0.717, 1.165) is 22.7 Å². The molecular formula is C28H45N2O+. The number of allylic oxidation sites excluding steroid dienone is 3. The van der Waals surface area contributed by atoms with Crippen LogP contribution in [0.3, 0.4) is 0 Å². The number of hydrazine groups is 1. The van der Waals surface area contributed by atoms with Crippen LogP contribution in [0.2, 0.25) is 0 Å². The molecule has 3 heteroatoms. The lowest BCUT2D eigenvalue weighted by molar-refractivity contribution is -0.460. The molecule has 172 valence electrons. The fraction of sp³-hybridized carbons (Fsp3) is 0.643. The molecule has 1 aromatic carbocycles. The molecule has 0 amide bonds. The van der Waals surface area contributed by atoms with E-state index in [9.17, 15) is 4.91 Å². The summed E-state index contributed by atoms with van der Waals surface area (Å²) >= 11 is 0. The fourth-order valence-electron chi connectivity index (χ4n) is 4.56. The zero-order chi connectivity index (χ0) is 22.2. The van der Waals surface area contributed by atoms with Crippen LogP contribution in [-0.4, -0.2) is 4.87 Å². The first-order valence-corrected chi connectivity index (χ1v) is 12.9. The Bertz CT molecular complexity index is 662. The van der Waals surface area contributed by atoms with Crippen molar-refractivity contribution in [3.05, 3.63) is 59.2 Å². The van der Waals surface area contributed by atoms with Crippen LogP contribution >= 0.6 is 0 Å². The summed E-state index contributed by atoms with van der Waals surface area (Å²) < 4.78 is 0. The van der Waals surface area contributed by atoms with E-state index in [0.29, 0.717) is 0 Å². The molecule has 0 heterocycles. The monoisotopic (exact) mass is 425 g/mol. The average Bonchev–Trinajstić information content (AvgIpc) is 2.80. The Labute approximate surface area is 190 Å². The second kappa shape index (κ2) is 15.0. The molecular weight excluding hydrogens is 380 g/mol. The van der Waals surface area contributed by atoms with Crippen molar-refractivity contribution in [2.45, 2.75) is 110 Å². The Morgan fingerprint density at radius 2 is 1.35 bits per heavy atom. The molecule has 1 aliphatic rings. The average molecular weight is 426 g/mol. The maximum Gasteiger partial charge on any atom is 0.288 e. The summed E-state index contributed by atoms with van der Waals surface area (Å²) in [6.07, 6.45) is 26.1. The first-order chi connectivity index (χ1) is 15.2. The highest BCUT2D eigenvalue weighted by Gasteiger charge is 2.31. The van der Waals surface area contributed by atoms with E-state index in [4.69, 9.17) is 0 Å². The van der Waals surface area contributed by atoms with E-state index < -0.39 is 0 Å². The summed E-state index contributed by atoms with van der Waals surface area (Å²) in [7, 11) is 0. The first-order valence-electron chi connectivity index (χ1n) is 12.9. The molecule has 1 aliphatic carbocycles. The number of unbranched alkanes of at least 4 members (excludes halogenated alkanes) is 10. The SMILES string of the molecule is CCCCCCCCC1(CCCCCCCC)C=CC([N+](=O)Nc2ccccc2)=CC1. The fourth-order valence-corrected chi connectivity index (χ4v) is 4.56.